The molecular formula is C25H33N3O2. The van der Waals surface area contributed by atoms with E-state index in [9.17, 15) is 9.59 Å². The van der Waals surface area contributed by atoms with E-state index < -0.39 is 0 Å². The van der Waals surface area contributed by atoms with Gasteiger partial charge >= 0.3 is 0 Å². The maximum atomic E-state index is 12.7. The van der Waals surface area contributed by atoms with Crippen LogP contribution in [0.15, 0.2) is 36.4 Å². The predicted molar refractivity (Wildman–Crippen MR) is 122 cm³/mol. The molecule has 0 aliphatic carbocycles. The molecule has 0 unspecified atom stereocenters. The highest BCUT2D eigenvalue weighted by molar-refractivity contribution is 5.92. The number of hydrogen-bond acceptors (Lipinski definition) is 2. The fourth-order valence-electron chi connectivity index (χ4n) is 4.07. The Labute approximate surface area is 179 Å². The zero-order valence-electron chi connectivity index (χ0n) is 18.6. The fourth-order valence-corrected chi connectivity index (χ4v) is 4.07. The minimum Gasteiger partial charge on any atom is -0.356 e. The maximum absolute atomic E-state index is 12.7. The summed E-state index contributed by atoms with van der Waals surface area (Å²) >= 11 is 0. The SMILES string of the molecule is CCCNC(=O)C1CCN(C(=O)/C=C/c2cc(C)n(-c3ccc(C)cc3)c2C)CC1. The van der Waals surface area contributed by atoms with Crippen molar-refractivity contribution in [1.29, 1.82) is 0 Å². The van der Waals surface area contributed by atoms with Gasteiger partial charge in [-0.1, -0.05) is 24.6 Å². The van der Waals surface area contributed by atoms with Crippen LogP contribution in [-0.2, 0) is 9.59 Å². The average molecular weight is 408 g/mol. The Balaban J connectivity index is 1.63. The van der Waals surface area contributed by atoms with E-state index in [-0.39, 0.29) is 17.7 Å². The molecule has 2 amide bonds. The van der Waals surface area contributed by atoms with Crippen molar-refractivity contribution in [2.24, 2.45) is 5.92 Å². The Kier molecular flexibility index (Phi) is 7.14. The van der Waals surface area contributed by atoms with Gasteiger partial charge < -0.3 is 14.8 Å². The molecule has 1 aromatic carbocycles. The summed E-state index contributed by atoms with van der Waals surface area (Å²) < 4.78 is 2.21. The number of amides is 2. The number of aromatic nitrogens is 1. The molecule has 0 bridgehead atoms. The van der Waals surface area contributed by atoms with E-state index in [0.29, 0.717) is 13.1 Å². The Morgan fingerprint density at radius 1 is 1.10 bits per heavy atom. The third kappa shape index (κ3) is 5.02. The third-order valence-electron chi connectivity index (χ3n) is 5.89. The predicted octanol–water partition coefficient (Wildman–Crippen LogP) is 4.18. The summed E-state index contributed by atoms with van der Waals surface area (Å²) in [6.45, 7) is 10.3. The standard InChI is InChI=1S/C25H33N3O2/c1-5-14-26-25(30)21-12-15-27(16-13-21)24(29)11-8-22-17-19(3)28(20(22)4)23-9-6-18(2)7-10-23/h6-11,17,21H,5,12-16H2,1-4H3,(H,26,30)/b11-8+. The Morgan fingerprint density at radius 3 is 2.40 bits per heavy atom. The molecule has 1 saturated heterocycles. The summed E-state index contributed by atoms with van der Waals surface area (Å²) in [4.78, 5) is 26.6. The zero-order chi connectivity index (χ0) is 21.7. The molecule has 1 N–H and O–H groups in total. The van der Waals surface area contributed by atoms with Gasteiger partial charge in [0, 0.05) is 48.7 Å². The molecule has 3 rings (SSSR count). The number of aryl methyl sites for hydroxylation is 2. The topological polar surface area (TPSA) is 54.3 Å². The monoisotopic (exact) mass is 407 g/mol. The molecule has 5 heteroatoms. The number of benzene rings is 1. The Morgan fingerprint density at radius 2 is 1.77 bits per heavy atom. The fraction of sp³-hybridized carbons (Fsp3) is 0.440. The molecule has 0 spiro atoms. The summed E-state index contributed by atoms with van der Waals surface area (Å²) in [5, 5.41) is 2.96. The first kappa shape index (κ1) is 21.9. The van der Waals surface area contributed by atoms with E-state index in [1.807, 2.05) is 17.9 Å². The molecule has 2 heterocycles. The van der Waals surface area contributed by atoms with Crippen molar-refractivity contribution in [1.82, 2.24) is 14.8 Å². The second-order valence-electron chi connectivity index (χ2n) is 8.22. The Hall–Kier alpha value is -2.82. The molecule has 160 valence electrons. The van der Waals surface area contributed by atoms with Crippen molar-refractivity contribution in [3.8, 4) is 5.69 Å². The first-order valence-electron chi connectivity index (χ1n) is 10.9. The number of rotatable bonds is 6. The first-order valence-corrected chi connectivity index (χ1v) is 10.9. The second-order valence-corrected chi connectivity index (χ2v) is 8.22. The largest absolute Gasteiger partial charge is 0.356 e. The van der Waals surface area contributed by atoms with Crippen LogP contribution in [0.1, 0.15) is 48.7 Å². The van der Waals surface area contributed by atoms with Gasteiger partial charge in [0.1, 0.15) is 0 Å². The number of piperidine rings is 1. The van der Waals surface area contributed by atoms with Gasteiger partial charge in [0.15, 0.2) is 0 Å². The van der Waals surface area contributed by atoms with Crippen molar-refractivity contribution >= 4 is 17.9 Å². The smallest absolute Gasteiger partial charge is 0.246 e. The van der Waals surface area contributed by atoms with E-state index >= 15 is 0 Å². The number of nitrogens with zero attached hydrogens (tertiary/aromatic N) is 2. The number of hydrogen-bond donors (Lipinski definition) is 1. The van der Waals surface area contributed by atoms with Crippen molar-refractivity contribution in [3.05, 3.63) is 58.9 Å². The van der Waals surface area contributed by atoms with E-state index in [0.717, 1.165) is 48.4 Å². The van der Waals surface area contributed by atoms with Gasteiger partial charge in [-0.3, -0.25) is 9.59 Å². The maximum Gasteiger partial charge on any atom is 0.246 e. The van der Waals surface area contributed by atoms with Crippen LogP contribution >= 0.6 is 0 Å². The lowest BCUT2D eigenvalue weighted by atomic mass is 9.96. The molecule has 1 fully saturated rings. The lowest BCUT2D eigenvalue weighted by molar-refractivity contribution is -0.132. The highest BCUT2D eigenvalue weighted by atomic mass is 16.2. The van der Waals surface area contributed by atoms with Crippen LogP contribution in [0.3, 0.4) is 0 Å². The summed E-state index contributed by atoms with van der Waals surface area (Å²) in [7, 11) is 0. The summed E-state index contributed by atoms with van der Waals surface area (Å²) in [5.41, 5.74) is 5.67. The summed E-state index contributed by atoms with van der Waals surface area (Å²) in [5.74, 6) is 0.170. The van der Waals surface area contributed by atoms with Crippen LogP contribution < -0.4 is 5.32 Å². The molecule has 1 aliphatic heterocycles. The molecule has 0 atom stereocenters. The average Bonchev–Trinajstić information content (AvgIpc) is 3.04. The molecule has 0 saturated carbocycles. The van der Waals surface area contributed by atoms with E-state index in [2.05, 4.69) is 61.0 Å². The van der Waals surface area contributed by atoms with Crippen molar-refractivity contribution in [3.63, 3.8) is 0 Å². The van der Waals surface area contributed by atoms with Gasteiger partial charge in [-0.25, -0.2) is 0 Å². The van der Waals surface area contributed by atoms with Gasteiger partial charge in [0.2, 0.25) is 11.8 Å². The Bertz CT molecular complexity index is 917. The lowest BCUT2D eigenvalue weighted by Crippen LogP contribution is -2.42. The van der Waals surface area contributed by atoms with Crippen LogP contribution in [0, 0.1) is 26.7 Å². The molecular weight excluding hydrogens is 374 g/mol. The van der Waals surface area contributed by atoms with Crippen LogP contribution in [0.4, 0.5) is 0 Å². The van der Waals surface area contributed by atoms with Crippen LogP contribution in [-0.4, -0.2) is 40.9 Å². The number of likely N-dealkylation sites (tertiary alicyclic amines) is 1. The highest BCUT2D eigenvalue weighted by Gasteiger charge is 2.26. The third-order valence-corrected chi connectivity index (χ3v) is 5.89. The zero-order valence-corrected chi connectivity index (χ0v) is 18.6. The highest BCUT2D eigenvalue weighted by Crippen LogP contribution is 2.23. The minimum absolute atomic E-state index is 0.0163. The number of carbonyl (C=O) groups is 2. The van der Waals surface area contributed by atoms with Gasteiger partial charge in [-0.2, -0.15) is 0 Å². The molecule has 1 aliphatic rings. The number of carbonyl (C=O) groups excluding carboxylic acids is 2. The van der Waals surface area contributed by atoms with Gasteiger partial charge in [-0.15, -0.1) is 0 Å². The molecule has 5 nitrogen and oxygen atoms in total. The minimum atomic E-state index is 0.0163. The van der Waals surface area contributed by atoms with Crippen molar-refractivity contribution < 1.29 is 9.59 Å². The van der Waals surface area contributed by atoms with E-state index in [1.54, 1.807) is 6.08 Å². The molecule has 1 aromatic heterocycles. The van der Waals surface area contributed by atoms with Crippen LogP contribution in [0.25, 0.3) is 11.8 Å². The van der Waals surface area contributed by atoms with E-state index in [4.69, 9.17) is 0 Å². The van der Waals surface area contributed by atoms with Crippen molar-refractivity contribution in [2.75, 3.05) is 19.6 Å². The number of nitrogens with one attached hydrogen (secondary N) is 1. The summed E-state index contributed by atoms with van der Waals surface area (Å²) in [6, 6.07) is 10.6. The molecule has 2 aromatic rings. The normalized spacial score (nSPS) is 15.0. The summed E-state index contributed by atoms with van der Waals surface area (Å²) in [6.07, 6.45) is 5.99. The van der Waals surface area contributed by atoms with Gasteiger partial charge in [-0.05, 0) is 69.9 Å². The van der Waals surface area contributed by atoms with Crippen LogP contribution in [0.5, 0.6) is 0 Å². The van der Waals surface area contributed by atoms with Gasteiger partial charge in [0.25, 0.3) is 0 Å². The van der Waals surface area contributed by atoms with E-state index in [1.165, 1.54) is 5.56 Å². The lowest BCUT2D eigenvalue weighted by Gasteiger charge is -2.30. The quantitative estimate of drug-likeness (QED) is 0.731. The van der Waals surface area contributed by atoms with Gasteiger partial charge in [0.05, 0.1) is 0 Å². The van der Waals surface area contributed by atoms with Crippen molar-refractivity contribution in [2.45, 2.75) is 47.0 Å². The van der Waals surface area contributed by atoms with Crippen LogP contribution in [0.2, 0.25) is 0 Å². The first-order chi connectivity index (χ1) is 14.4. The second kappa shape index (κ2) is 9.79. The molecule has 30 heavy (non-hydrogen) atoms. The molecule has 0 radical (unpaired) electrons.